The fourth-order valence-corrected chi connectivity index (χ4v) is 4.12. The van der Waals surface area contributed by atoms with E-state index in [-0.39, 0.29) is 18.0 Å². The van der Waals surface area contributed by atoms with Gasteiger partial charge in [0.25, 0.3) is 5.91 Å². The zero-order valence-electron chi connectivity index (χ0n) is 17.9. The van der Waals surface area contributed by atoms with E-state index in [1.165, 1.54) is 6.07 Å². The maximum Gasteiger partial charge on any atom is 0.251 e. The van der Waals surface area contributed by atoms with Gasteiger partial charge in [0, 0.05) is 17.7 Å². The number of nitrogens with zero attached hydrogens (tertiary/aromatic N) is 1. The molecule has 0 bridgehead atoms. The molecule has 1 N–H and O–H groups in total. The van der Waals surface area contributed by atoms with Gasteiger partial charge in [-0.1, -0.05) is 51.3 Å². The van der Waals surface area contributed by atoms with Crippen LogP contribution >= 0.6 is 0 Å². The monoisotopic (exact) mass is 434 g/mol. The zero-order valence-corrected chi connectivity index (χ0v) is 18.7. The minimum atomic E-state index is -3.63. The Morgan fingerprint density at radius 1 is 1.10 bits per heavy atom. The van der Waals surface area contributed by atoms with Gasteiger partial charge in [0.2, 0.25) is 10.0 Å². The number of nitrogens with one attached hydrogen (secondary N) is 1. The van der Waals surface area contributed by atoms with Gasteiger partial charge in [-0.3, -0.25) is 9.10 Å². The van der Waals surface area contributed by atoms with E-state index in [1.807, 2.05) is 0 Å². The van der Waals surface area contributed by atoms with E-state index in [1.54, 1.807) is 42.5 Å². The third kappa shape index (κ3) is 6.83. The standard InChI is InChI=1S/C23H31FN2O3S/c1-4-6-9-18(5-2)16-25-23(27)19-12-14-21(15-13-19)26(30(3,28)29)17-20-10-7-8-11-22(20)24/h7-8,10-15,18H,4-6,9,16-17H2,1-3H3,(H,25,27)/t18-/m0/s1. The van der Waals surface area contributed by atoms with Crippen molar-refractivity contribution >= 4 is 21.6 Å². The van der Waals surface area contributed by atoms with Crippen LogP contribution in [0.15, 0.2) is 48.5 Å². The summed E-state index contributed by atoms with van der Waals surface area (Å²) in [7, 11) is -3.63. The van der Waals surface area contributed by atoms with Crippen LogP contribution in [0.4, 0.5) is 10.1 Å². The first kappa shape index (κ1) is 23.9. The molecule has 0 saturated heterocycles. The number of amides is 1. The highest BCUT2D eigenvalue weighted by Crippen LogP contribution is 2.22. The van der Waals surface area contributed by atoms with Gasteiger partial charge in [0.05, 0.1) is 18.5 Å². The van der Waals surface area contributed by atoms with Crippen molar-refractivity contribution in [3.63, 3.8) is 0 Å². The van der Waals surface area contributed by atoms with Crippen LogP contribution < -0.4 is 9.62 Å². The van der Waals surface area contributed by atoms with Gasteiger partial charge in [-0.05, 0) is 42.7 Å². The molecule has 2 rings (SSSR count). The summed E-state index contributed by atoms with van der Waals surface area (Å²) in [5.74, 6) is -0.193. The molecule has 0 saturated carbocycles. The molecule has 1 atom stereocenters. The number of unbranched alkanes of at least 4 members (excludes halogenated alkanes) is 1. The number of halogens is 1. The largest absolute Gasteiger partial charge is 0.352 e. The number of hydrogen-bond acceptors (Lipinski definition) is 3. The molecule has 0 radical (unpaired) electrons. The van der Waals surface area contributed by atoms with Crippen LogP contribution in [0, 0.1) is 11.7 Å². The van der Waals surface area contributed by atoms with Gasteiger partial charge in [-0.25, -0.2) is 12.8 Å². The minimum absolute atomic E-state index is 0.118. The third-order valence-corrected chi connectivity index (χ3v) is 6.32. The molecule has 1 amide bonds. The molecule has 30 heavy (non-hydrogen) atoms. The Labute approximate surface area is 179 Å². The molecule has 0 unspecified atom stereocenters. The van der Waals surface area contributed by atoms with Crippen LogP contribution in [0.2, 0.25) is 0 Å². The average molecular weight is 435 g/mol. The Balaban J connectivity index is 2.11. The second-order valence-electron chi connectivity index (χ2n) is 7.53. The summed E-state index contributed by atoms with van der Waals surface area (Å²) in [4.78, 5) is 12.5. The molecule has 5 nitrogen and oxygen atoms in total. The highest BCUT2D eigenvalue weighted by molar-refractivity contribution is 7.92. The molecule has 0 fully saturated rings. The number of anilines is 1. The van der Waals surface area contributed by atoms with Crippen molar-refractivity contribution in [2.75, 3.05) is 17.1 Å². The lowest BCUT2D eigenvalue weighted by Gasteiger charge is -2.23. The van der Waals surface area contributed by atoms with Crippen LogP contribution in [0.3, 0.4) is 0 Å². The summed E-state index contributed by atoms with van der Waals surface area (Å²) in [6, 6.07) is 12.4. The molecular weight excluding hydrogens is 403 g/mol. The fraction of sp³-hybridized carbons (Fsp3) is 0.435. The van der Waals surface area contributed by atoms with Crippen LogP contribution in [0.5, 0.6) is 0 Å². The summed E-state index contributed by atoms with van der Waals surface area (Å²) in [5.41, 5.74) is 1.12. The van der Waals surface area contributed by atoms with Gasteiger partial charge < -0.3 is 5.32 Å². The average Bonchev–Trinajstić information content (AvgIpc) is 2.72. The van der Waals surface area contributed by atoms with E-state index in [0.717, 1.165) is 36.2 Å². The second kappa shape index (κ2) is 11.1. The van der Waals surface area contributed by atoms with Crippen LogP contribution in [-0.4, -0.2) is 27.1 Å². The maximum atomic E-state index is 14.0. The van der Waals surface area contributed by atoms with Gasteiger partial charge in [0.15, 0.2) is 0 Å². The highest BCUT2D eigenvalue weighted by Gasteiger charge is 2.20. The minimum Gasteiger partial charge on any atom is -0.352 e. The van der Waals surface area contributed by atoms with E-state index >= 15 is 0 Å². The number of carbonyl (C=O) groups is 1. The Hall–Kier alpha value is -2.41. The lowest BCUT2D eigenvalue weighted by atomic mass is 9.99. The van der Waals surface area contributed by atoms with Crippen molar-refractivity contribution in [1.82, 2.24) is 5.32 Å². The fourth-order valence-electron chi connectivity index (χ4n) is 3.24. The van der Waals surface area contributed by atoms with Gasteiger partial charge in [-0.15, -0.1) is 0 Å². The van der Waals surface area contributed by atoms with Gasteiger partial charge >= 0.3 is 0 Å². The molecule has 2 aromatic carbocycles. The predicted octanol–water partition coefficient (Wildman–Crippen LogP) is 4.74. The SMILES string of the molecule is CCCC[C@H](CC)CNC(=O)c1ccc(N(Cc2ccccc2F)S(C)(=O)=O)cc1. The van der Waals surface area contributed by atoms with Crippen LogP contribution in [0.25, 0.3) is 0 Å². The third-order valence-electron chi connectivity index (χ3n) is 5.18. The Morgan fingerprint density at radius 2 is 1.77 bits per heavy atom. The summed E-state index contributed by atoms with van der Waals surface area (Å²) in [6.45, 7) is 4.78. The van der Waals surface area contributed by atoms with E-state index in [0.29, 0.717) is 23.7 Å². The highest BCUT2D eigenvalue weighted by atomic mass is 32.2. The Morgan fingerprint density at radius 3 is 2.33 bits per heavy atom. The molecule has 0 aliphatic heterocycles. The summed E-state index contributed by atoms with van der Waals surface area (Å²) in [5, 5.41) is 2.96. The normalized spacial score (nSPS) is 12.4. The van der Waals surface area contributed by atoms with E-state index in [9.17, 15) is 17.6 Å². The summed E-state index contributed by atoms with van der Waals surface area (Å²) < 4.78 is 39.7. The topological polar surface area (TPSA) is 66.5 Å². The lowest BCUT2D eigenvalue weighted by molar-refractivity contribution is 0.0946. The van der Waals surface area contributed by atoms with Crippen LogP contribution in [-0.2, 0) is 16.6 Å². The number of rotatable bonds is 11. The molecule has 7 heteroatoms. The van der Waals surface area contributed by atoms with Crippen molar-refractivity contribution in [3.05, 3.63) is 65.5 Å². The van der Waals surface area contributed by atoms with Crippen LogP contribution in [0.1, 0.15) is 55.5 Å². The van der Waals surface area contributed by atoms with Crippen molar-refractivity contribution in [2.24, 2.45) is 5.92 Å². The first-order chi connectivity index (χ1) is 14.3. The maximum absolute atomic E-state index is 14.0. The quantitative estimate of drug-likeness (QED) is 0.556. The molecule has 2 aromatic rings. The molecule has 0 heterocycles. The molecule has 0 aliphatic carbocycles. The molecule has 164 valence electrons. The Bertz CT molecular complexity index is 930. The van der Waals surface area contributed by atoms with Gasteiger partial charge in [0.1, 0.15) is 5.82 Å². The first-order valence-electron chi connectivity index (χ1n) is 10.4. The van der Waals surface area contributed by atoms with E-state index in [4.69, 9.17) is 0 Å². The summed E-state index contributed by atoms with van der Waals surface area (Å²) in [6.07, 6.45) is 5.46. The zero-order chi connectivity index (χ0) is 22.1. The lowest BCUT2D eigenvalue weighted by Crippen LogP contribution is -2.30. The molecule has 0 spiro atoms. The molecule has 0 aliphatic rings. The second-order valence-corrected chi connectivity index (χ2v) is 9.44. The van der Waals surface area contributed by atoms with Crippen molar-refractivity contribution < 1.29 is 17.6 Å². The number of carbonyl (C=O) groups excluding carboxylic acids is 1. The van der Waals surface area contributed by atoms with Crippen molar-refractivity contribution in [3.8, 4) is 0 Å². The van der Waals surface area contributed by atoms with Gasteiger partial charge in [-0.2, -0.15) is 0 Å². The smallest absolute Gasteiger partial charge is 0.251 e. The molecule has 0 aromatic heterocycles. The van der Waals surface area contributed by atoms with E-state index in [2.05, 4.69) is 19.2 Å². The predicted molar refractivity (Wildman–Crippen MR) is 120 cm³/mol. The number of sulfonamides is 1. The molecular formula is C23H31FN2O3S. The number of hydrogen-bond donors (Lipinski definition) is 1. The summed E-state index contributed by atoms with van der Waals surface area (Å²) >= 11 is 0. The number of benzene rings is 2. The van der Waals surface area contributed by atoms with Crippen molar-refractivity contribution in [2.45, 2.75) is 46.1 Å². The van der Waals surface area contributed by atoms with E-state index < -0.39 is 15.8 Å². The first-order valence-corrected chi connectivity index (χ1v) is 12.2. The van der Waals surface area contributed by atoms with Crippen molar-refractivity contribution in [1.29, 1.82) is 0 Å². The Kier molecular flexibility index (Phi) is 8.84.